The van der Waals surface area contributed by atoms with Crippen LogP contribution in [0.5, 0.6) is 0 Å². The van der Waals surface area contributed by atoms with E-state index < -0.39 is 0 Å². The van der Waals surface area contributed by atoms with Gasteiger partial charge in [0.05, 0.1) is 23.8 Å². The van der Waals surface area contributed by atoms with Gasteiger partial charge in [-0.1, -0.05) is 42.8 Å². The fraction of sp³-hybridized carbons (Fsp3) is 0.231. The number of halogens is 2. The summed E-state index contributed by atoms with van der Waals surface area (Å²) in [6, 6.07) is 31.0. The number of imidazole rings is 2. The Hall–Kier alpha value is -4.92. The second-order valence-electron chi connectivity index (χ2n) is 12.4. The van der Waals surface area contributed by atoms with E-state index in [1.54, 1.807) is 24.3 Å². The van der Waals surface area contributed by atoms with Crippen LogP contribution in [0.25, 0.3) is 45.3 Å². The third-order valence-corrected chi connectivity index (χ3v) is 8.74. The minimum atomic E-state index is -0.239. The van der Waals surface area contributed by atoms with Crippen molar-refractivity contribution in [1.82, 2.24) is 30.6 Å². The first-order valence-electron chi connectivity index (χ1n) is 16.3. The zero-order valence-electron chi connectivity index (χ0n) is 26.1. The van der Waals surface area contributed by atoms with Gasteiger partial charge < -0.3 is 20.6 Å². The van der Waals surface area contributed by atoms with Gasteiger partial charge in [-0.2, -0.15) is 0 Å². The molecule has 2 fully saturated rings. The molecule has 0 unspecified atom stereocenters. The first kappa shape index (κ1) is 30.7. The maximum atomic E-state index is 13.0. The van der Waals surface area contributed by atoms with Crippen LogP contribution in [0, 0.1) is 11.6 Å². The molecule has 0 radical (unpaired) electrons. The molecule has 2 saturated carbocycles. The average Bonchev–Trinajstić information content (AvgIpc) is 3.54. The summed E-state index contributed by atoms with van der Waals surface area (Å²) in [6.07, 6.45) is 10.2. The molecular weight excluding hydrogens is 590 g/mol. The van der Waals surface area contributed by atoms with Crippen LogP contribution < -0.4 is 10.6 Å². The van der Waals surface area contributed by atoms with Gasteiger partial charge in [0.15, 0.2) is 0 Å². The molecule has 6 nitrogen and oxygen atoms in total. The zero-order chi connectivity index (χ0) is 32.0. The minimum Gasteiger partial charge on any atom is -0.338 e. The van der Waals surface area contributed by atoms with Crippen LogP contribution in [0.2, 0.25) is 0 Å². The molecule has 6 aromatic rings. The Morgan fingerprint density at radius 2 is 1.00 bits per heavy atom. The Balaban J connectivity index is 0.000000150. The lowest BCUT2D eigenvalue weighted by atomic mass is 9.93. The highest BCUT2D eigenvalue weighted by molar-refractivity contribution is 5.66. The van der Waals surface area contributed by atoms with E-state index in [0.29, 0.717) is 12.1 Å². The molecule has 8 rings (SSSR count). The van der Waals surface area contributed by atoms with Crippen molar-refractivity contribution < 1.29 is 8.78 Å². The lowest BCUT2D eigenvalue weighted by Crippen LogP contribution is -2.34. The summed E-state index contributed by atoms with van der Waals surface area (Å²) in [4.78, 5) is 15.5. The number of aromatic nitrogens is 4. The van der Waals surface area contributed by atoms with Gasteiger partial charge in [-0.25, -0.2) is 18.7 Å². The van der Waals surface area contributed by atoms with Gasteiger partial charge >= 0.3 is 0 Å². The number of rotatable bonds is 10. The van der Waals surface area contributed by atoms with E-state index in [4.69, 9.17) is 0 Å². The summed E-state index contributed by atoms with van der Waals surface area (Å²) < 4.78 is 26.1. The van der Waals surface area contributed by atoms with Crippen LogP contribution in [0.3, 0.4) is 0 Å². The average molecular weight is 629 g/mol. The summed E-state index contributed by atoms with van der Waals surface area (Å²) in [5.74, 6) is 1.03. The van der Waals surface area contributed by atoms with Crippen molar-refractivity contribution in [3.05, 3.63) is 132 Å². The molecule has 0 atom stereocenters. The molecule has 0 amide bonds. The van der Waals surface area contributed by atoms with Crippen LogP contribution in [0.15, 0.2) is 109 Å². The Bertz CT molecular complexity index is 1900. The number of aromatic amines is 2. The van der Waals surface area contributed by atoms with Gasteiger partial charge in [-0.05, 0) is 109 Å². The van der Waals surface area contributed by atoms with Gasteiger partial charge in [-0.3, -0.25) is 0 Å². The number of hydrogen-bond donors (Lipinski definition) is 4. The summed E-state index contributed by atoms with van der Waals surface area (Å²) in [6.45, 7) is 1.80. The Morgan fingerprint density at radius 1 is 0.553 bits per heavy atom. The molecule has 4 N–H and O–H groups in total. The van der Waals surface area contributed by atoms with E-state index in [-0.39, 0.29) is 11.6 Å². The molecule has 0 bridgehead atoms. The fourth-order valence-corrected chi connectivity index (χ4v) is 5.57. The second kappa shape index (κ2) is 14.2. The highest BCUT2D eigenvalue weighted by Gasteiger charge is 2.20. The van der Waals surface area contributed by atoms with E-state index in [0.717, 1.165) is 58.4 Å². The third-order valence-electron chi connectivity index (χ3n) is 8.74. The van der Waals surface area contributed by atoms with Crippen molar-refractivity contribution in [2.45, 2.75) is 57.3 Å². The fourth-order valence-electron chi connectivity index (χ4n) is 5.57. The monoisotopic (exact) mass is 628 g/mol. The number of benzene rings is 4. The summed E-state index contributed by atoms with van der Waals surface area (Å²) >= 11 is 0. The standard InChI is InChI=1S/C20H20FN3.C19H18FN3/c21-17-9-7-15(8-10-17)20-23-13-19(24-20)16-4-1-3-14(11-16)12-22-18-5-2-6-18;20-16-6-4-14(5-7-16)19-22-12-18(23-19)15-3-1-2-13(10-15)11-21-17-8-9-17/h1,3-4,7-11,13,18,22H,2,5-6,12H2,(H,23,24);1-7,10,12,17,21H,8-9,11H2,(H,22,23). The highest BCUT2D eigenvalue weighted by Crippen LogP contribution is 2.26. The van der Waals surface area contributed by atoms with Crippen LogP contribution in [-0.2, 0) is 13.1 Å². The molecule has 0 saturated heterocycles. The van der Waals surface area contributed by atoms with E-state index in [9.17, 15) is 8.78 Å². The number of hydrogen-bond acceptors (Lipinski definition) is 4. The van der Waals surface area contributed by atoms with Gasteiger partial charge in [0.25, 0.3) is 0 Å². The number of nitrogens with zero attached hydrogens (tertiary/aromatic N) is 2. The molecule has 0 aliphatic heterocycles. The van der Waals surface area contributed by atoms with E-state index in [1.165, 1.54) is 67.5 Å². The first-order chi connectivity index (χ1) is 23.1. The highest BCUT2D eigenvalue weighted by atomic mass is 19.1. The molecular formula is C39H38F2N6. The SMILES string of the molecule is Fc1ccc(-c2ncc(-c3cccc(CNC4CC4)c3)[nH]2)cc1.Fc1ccc(-c2ncc(-c3cccc(CNC4CCC4)c3)[nH]2)cc1. The van der Waals surface area contributed by atoms with Gasteiger partial charge in [-0.15, -0.1) is 0 Å². The quantitative estimate of drug-likeness (QED) is 0.122. The molecule has 2 heterocycles. The van der Waals surface area contributed by atoms with Crippen LogP contribution in [0.4, 0.5) is 8.78 Å². The Labute approximate surface area is 273 Å². The largest absolute Gasteiger partial charge is 0.338 e. The molecule has 2 aromatic heterocycles. The number of nitrogens with one attached hydrogen (secondary N) is 4. The first-order valence-corrected chi connectivity index (χ1v) is 16.3. The van der Waals surface area contributed by atoms with Crippen molar-refractivity contribution in [3.63, 3.8) is 0 Å². The summed E-state index contributed by atoms with van der Waals surface area (Å²) in [5.41, 5.74) is 8.47. The van der Waals surface area contributed by atoms with Crippen molar-refractivity contribution in [1.29, 1.82) is 0 Å². The van der Waals surface area contributed by atoms with Gasteiger partial charge in [0.1, 0.15) is 23.3 Å². The Morgan fingerprint density at radius 3 is 1.40 bits per heavy atom. The lowest BCUT2D eigenvalue weighted by molar-refractivity contribution is 0.338. The maximum Gasteiger partial charge on any atom is 0.137 e. The molecule has 2 aliphatic rings. The molecule has 4 aromatic carbocycles. The predicted octanol–water partition coefficient (Wildman–Crippen LogP) is 8.66. The van der Waals surface area contributed by atoms with Crippen LogP contribution >= 0.6 is 0 Å². The molecule has 47 heavy (non-hydrogen) atoms. The number of H-pyrrole nitrogens is 2. The molecule has 238 valence electrons. The van der Waals surface area contributed by atoms with Crippen molar-refractivity contribution in [2.75, 3.05) is 0 Å². The van der Waals surface area contributed by atoms with E-state index >= 15 is 0 Å². The molecule has 0 spiro atoms. The molecule has 2 aliphatic carbocycles. The summed E-state index contributed by atoms with van der Waals surface area (Å²) in [5, 5.41) is 7.12. The summed E-state index contributed by atoms with van der Waals surface area (Å²) in [7, 11) is 0. The van der Waals surface area contributed by atoms with E-state index in [1.807, 2.05) is 12.4 Å². The van der Waals surface area contributed by atoms with E-state index in [2.05, 4.69) is 79.1 Å². The molecule has 8 heteroatoms. The van der Waals surface area contributed by atoms with Crippen molar-refractivity contribution in [2.24, 2.45) is 0 Å². The van der Waals surface area contributed by atoms with Crippen molar-refractivity contribution >= 4 is 0 Å². The predicted molar refractivity (Wildman–Crippen MR) is 183 cm³/mol. The lowest BCUT2D eigenvalue weighted by Gasteiger charge is -2.26. The normalized spacial score (nSPS) is 14.3. The van der Waals surface area contributed by atoms with Crippen LogP contribution in [0.1, 0.15) is 43.2 Å². The van der Waals surface area contributed by atoms with Crippen molar-refractivity contribution in [3.8, 4) is 45.3 Å². The topological polar surface area (TPSA) is 81.4 Å². The maximum absolute atomic E-state index is 13.0. The minimum absolute atomic E-state index is 0.239. The zero-order valence-corrected chi connectivity index (χ0v) is 26.1. The van der Waals surface area contributed by atoms with Gasteiger partial charge in [0, 0.05) is 36.3 Å². The smallest absolute Gasteiger partial charge is 0.137 e. The second-order valence-corrected chi connectivity index (χ2v) is 12.4. The van der Waals surface area contributed by atoms with Gasteiger partial charge in [0.2, 0.25) is 0 Å². The van der Waals surface area contributed by atoms with Crippen LogP contribution in [-0.4, -0.2) is 32.0 Å². The Kier molecular flexibility index (Phi) is 9.31. The third kappa shape index (κ3) is 8.09.